The van der Waals surface area contributed by atoms with Crippen LogP contribution in [0.3, 0.4) is 0 Å². The third-order valence-electron chi connectivity index (χ3n) is 3.65. The Hall–Kier alpha value is -1.76. The number of hydrogen-bond acceptors (Lipinski definition) is 4. The highest BCUT2D eigenvalue weighted by Gasteiger charge is 2.17. The summed E-state index contributed by atoms with van der Waals surface area (Å²) in [6, 6.07) is 13.0. The maximum absolute atomic E-state index is 12.4. The zero-order valence-corrected chi connectivity index (χ0v) is 14.5. The normalized spacial score (nSPS) is 17.6. The zero-order chi connectivity index (χ0) is 17.0. The minimum absolute atomic E-state index is 0.108. The van der Waals surface area contributed by atoms with Crippen LogP contribution < -0.4 is 9.46 Å². The van der Waals surface area contributed by atoms with Crippen LogP contribution in [-0.2, 0) is 14.8 Å². The molecular weight excluding hydrogens is 350 g/mol. The second kappa shape index (κ2) is 7.42. The first-order chi connectivity index (χ1) is 11.5. The van der Waals surface area contributed by atoms with Crippen LogP contribution in [0, 0.1) is 0 Å². The quantitative estimate of drug-likeness (QED) is 0.845. The number of rotatable bonds is 6. The summed E-state index contributed by atoms with van der Waals surface area (Å²) in [5, 5.41) is 0.367. The van der Waals surface area contributed by atoms with Crippen molar-refractivity contribution in [2.75, 3.05) is 17.9 Å². The highest BCUT2D eigenvalue weighted by molar-refractivity contribution is 7.92. The van der Waals surface area contributed by atoms with Gasteiger partial charge in [-0.1, -0.05) is 23.7 Å². The van der Waals surface area contributed by atoms with Crippen molar-refractivity contribution in [3.05, 3.63) is 53.6 Å². The fraction of sp³-hybridized carbons (Fsp3) is 0.294. The van der Waals surface area contributed by atoms with Gasteiger partial charge in [0.25, 0.3) is 10.0 Å². The molecule has 1 unspecified atom stereocenters. The van der Waals surface area contributed by atoms with Crippen LogP contribution in [0.25, 0.3) is 0 Å². The summed E-state index contributed by atoms with van der Waals surface area (Å²) in [5.41, 5.74) is 0.430. The maximum atomic E-state index is 12.4. The van der Waals surface area contributed by atoms with Crippen molar-refractivity contribution in [1.29, 1.82) is 0 Å². The van der Waals surface area contributed by atoms with Gasteiger partial charge in [-0.25, -0.2) is 8.42 Å². The van der Waals surface area contributed by atoms with Gasteiger partial charge in [-0.2, -0.15) is 0 Å². The van der Waals surface area contributed by atoms with Crippen LogP contribution in [0.5, 0.6) is 5.75 Å². The molecule has 1 atom stereocenters. The number of anilines is 1. The minimum Gasteiger partial charge on any atom is -0.491 e. The van der Waals surface area contributed by atoms with Gasteiger partial charge in [-0.3, -0.25) is 4.72 Å². The van der Waals surface area contributed by atoms with Gasteiger partial charge in [-0.05, 0) is 43.2 Å². The molecule has 3 rings (SSSR count). The number of halogens is 1. The van der Waals surface area contributed by atoms with E-state index < -0.39 is 10.0 Å². The largest absolute Gasteiger partial charge is 0.491 e. The van der Waals surface area contributed by atoms with Crippen LogP contribution >= 0.6 is 11.6 Å². The molecule has 1 heterocycles. The second-order valence-corrected chi connectivity index (χ2v) is 7.66. The van der Waals surface area contributed by atoms with E-state index in [0.717, 1.165) is 19.4 Å². The molecule has 2 aromatic carbocycles. The van der Waals surface area contributed by atoms with E-state index in [2.05, 4.69) is 4.72 Å². The molecule has 0 saturated carbocycles. The Morgan fingerprint density at radius 3 is 2.79 bits per heavy atom. The lowest BCUT2D eigenvalue weighted by Crippen LogP contribution is -2.16. The van der Waals surface area contributed by atoms with E-state index in [-0.39, 0.29) is 11.0 Å². The Balaban J connectivity index is 1.69. The molecule has 1 aliphatic heterocycles. The van der Waals surface area contributed by atoms with Gasteiger partial charge < -0.3 is 9.47 Å². The van der Waals surface area contributed by atoms with Gasteiger partial charge in [0.05, 0.1) is 16.7 Å². The molecule has 0 radical (unpaired) electrons. The van der Waals surface area contributed by atoms with Gasteiger partial charge in [-0.15, -0.1) is 0 Å². The van der Waals surface area contributed by atoms with E-state index in [9.17, 15) is 8.42 Å². The van der Waals surface area contributed by atoms with E-state index in [4.69, 9.17) is 21.1 Å². The molecule has 7 heteroatoms. The average molecular weight is 368 g/mol. The highest BCUT2D eigenvalue weighted by Crippen LogP contribution is 2.23. The van der Waals surface area contributed by atoms with Crippen LogP contribution in [-0.4, -0.2) is 27.7 Å². The lowest BCUT2D eigenvalue weighted by Gasteiger charge is -2.13. The Labute approximate surface area is 146 Å². The molecule has 1 fully saturated rings. The van der Waals surface area contributed by atoms with Crippen molar-refractivity contribution >= 4 is 27.3 Å². The van der Waals surface area contributed by atoms with E-state index in [1.807, 2.05) is 0 Å². The first-order valence-electron chi connectivity index (χ1n) is 7.66. The van der Waals surface area contributed by atoms with E-state index in [0.29, 0.717) is 23.1 Å². The molecule has 0 spiro atoms. The molecular formula is C17H18ClNO4S. The van der Waals surface area contributed by atoms with Crippen molar-refractivity contribution in [2.45, 2.75) is 23.8 Å². The first-order valence-corrected chi connectivity index (χ1v) is 9.52. The fourth-order valence-electron chi connectivity index (χ4n) is 2.46. The zero-order valence-electron chi connectivity index (χ0n) is 12.9. The summed E-state index contributed by atoms with van der Waals surface area (Å²) in [6.45, 7) is 1.23. The minimum atomic E-state index is -3.70. The Morgan fingerprint density at radius 1 is 1.21 bits per heavy atom. The molecule has 0 bridgehead atoms. The van der Waals surface area contributed by atoms with E-state index in [1.54, 1.807) is 36.4 Å². The third kappa shape index (κ3) is 4.41. The van der Waals surface area contributed by atoms with Gasteiger partial charge >= 0.3 is 0 Å². The van der Waals surface area contributed by atoms with Crippen molar-refractivity contribution in [3.8, 4) is 5.75 Å². The molecule has 0 amide bonds. The monoisotopic (exact) mass is 367 g/mol. The molecule has 24 heavy (non-hydrogen) atoms. The van der Waals surface area contributed by atoms with Gasteiger partial charge in [0, 0.05) is 17.7 Å². The predicted molar refractivity (Wildman–Crippen MR) is 93.2 cm³/mol. The van der Waals surface area contributed by atoms with E-state index in [1.165, 1.54) is 12.1 Å². The lowest BCUT2D eigenvalue weighted by atomic mass is 10.2. The smallest absolute Gasteiger partial charge is 0.261 e. The van der Waals surface area contributed by atoms with Gasteiger partial charge in [0.2, 0.25) is 0 Å². The van der Waals surface area contributed by atoms with Crippen molar-refractivity contribution < 1.29 is 17.9 Å². The third-order valence-corrected chi connectivity index (χ3v) is 5.27. The van der Waals surface area contributed by atoms with Crippen LogP contribution in [0.1, 0.15) is 12.8 Å². The summed E-state index contributed by atoms with van der Waals surface area (Å²) < 4.78 is 38.5. The molecule has 1 N–H and O–H groups in total. The standard InChI is InChI=1S/C17H18ClNO4S/c18-13-4-1-8-17(10-13)24(20,21)19-14-5-2-6-15(11-14)23-12-16-7-3-9-22-16/h1-2,4-6,8,10-11,16,19H,3,7,9,12H2. The summed E-state index contributed by atoms with van der Waals surface area (Å²) in [6.07, 6.45) is 2.14. The van der Waals surface area contributed by atoms with Crippen LogP contribution in [0.2, 0.25) is 5.02 Å². The predicted octanol–water partition coefficient (Wildman–Crippen LogP) is 3.70. The molecule has 5 nitrogen and oxygen atoms in total. The van der Waals surface area contributed by atoms with Crippen molar-refractivity contribution in [2.24, 2.45) is 0 Å². The number of benzene rings is 2. The van der Waals surface area contributed by atoms with Gasteiger partial charge in [0.1, 0.15) is 12.4 Å². The van der Waals surface area contributed by atoms with Crippen molar-refractivity contribution in [3.63, 3.8) is 0 Å². The Bertz CT molecular complexity index is 804. The average Bonchev–Trinajstić information content (AvgIpc) is 3.06. The second-order valence-electron chi connectivity index (χ2n) is 5.54. The molecule has 128 valence electrons. The number of hydrogen-bond donors (Lipinski definition) is 1. The SMILES string of the molecule is O=S(=O)(Nc1cccc(OCC2CCCO2)c1)c1cccc(Cl)c1. The van der Waals surface area contributed by atoms with Gasteiger partial charge in [0.15, 0.2) is 0 Å². The lowest BCUT2D eigenvalue weighted by molar-refractivity contribution is 0.0680. The Morgan fingerprint density at radius 2 is 2.04 bits per heavy atom. The summed E-state index contributed by atoms with van der Waals surface area (Å²) in [4.78, 5) is 0.112. The highest BCUT2D eigenvalue weighted by atomic mass is 35.5. The number of sulfonamides is 1. The van der Waals surface area contributed by atoms with E-state index >= 15 is 0 Å². The van der Waals surface area contributed by atoms with Crippen LogP contribution in [0.15, 0.2) is 53.4 Å². The Kier molecular flexibility index (Phi) is 5.28. The number of ether oxygens (including phenoxy) is 2. The summed E-state index contributed by atoms with van der Waals surface area (Å²) >= 11 is 5.86. The summed E-state index contributed by atoms with van der Waals surface area (Å²) in [5.74, 6) is 0.594. The van der Waals surface area contributed by atoms with Crippen LogP contribution in [0.4, 0.5) is 5.69 Å². The molecule has 0 aliphatic carbocycles. The fourth-order valence-corrected chi connectivity index (χ4v) is 3.81. The maximum Gasteiger partial charge on any atom is 0.261 e. The molecule has 0 aromatic heterocycles. The van der Waals surface area contributed by atoms with Crippen molar-refractivity contribution in [1.82, 2.24) is 0 Å². The first kappa shape index (κ1) is 17.1. The number of nitrogens with one attached hydrogen (secondary N) is 1. The summed E-state index contributed by atoms with van der Waals surface area (Å²) in [7, 11) is -3.70. The molecule has 1 aliphatic rings. The topological polar surface area (TPSA) is 64.6 Å². The molecule has 2 aromatic rings. The molecule has 1 saturated heterocycles.